The summed E-state index contributed by atoms with van der Waals surface area (Å²) in [6, 6.07) is 4.96. The third-order valence-electron chi connectivity index (χ3n) is 8.06. The lowest BCUT2D eigenvalue weighted by atomic mass is 9.77. The van der Waals surface area contributed by atoms with Gasteiger partial charge in [0.1, 0.15) is 0 Å². The van der Waals surface area contributed by atoms with Crippen molar-refractivity contribution < 1.29 is 32.1 Å². The van der Waals surface area contributed by atoms with Crippen molar-refractivity contribution in [3.05, 3.63) is 41.7 Å². The van der Waals surface area contributed by atoms with E-state index in [-0.39, 0.29) is 30.7 Å². The van der Waals surface area contributed by atoms with Crippen molar-refractivity contribution in [2.45, 2.75) is 111 Å². The molecule has 0 aliphatic carbocycles. The number of alkyl halides is 3. The van der Waals surface area contributed by atoms with E-state index in [0.717, 1.165) is 30.5 Å². The van der Waals surface area contributed by atoms with E-state index in [2.05, 4.69) is 24.0 Å². The number of amides is 1. The highest BCUT2D eigenvalue weighted by Crippen LogP contribution is 2.37. The van der Waals surface area contributed by atoms with E-state index in [4.69, 9.17) is 14.1 Å². The molecular formula is C30H45BF3N3O4. The molecule has 2 aliphatic heterocycles. The summed E-state index contributed by atoms with van der Waals surface area (Å²) in [5.74, 6) is -0.734. The minimum Gasteiger partial charge on any atom is -0.399 e. The summed E-state index contributed by atoms with van der Waals surface area (Å²) in [6.45, 7) is 18.9. The molecule has 0 saturated carbocycles. The number of carbonyl (C=O) groups excluding carboxylic acids is 1. The molecule has 0 bridgehead atoms. The molecule has 2 aliphatic rings. The van der Waals surface area contributed by atoms with Gasteiger partial charge in [0.25, 0.3) is 5.91 Å². The van der Waals surface area contributed by atoms with Gasteiger partial charge < -0.3 is 19.5 Å². The van der Waals surface area contributed by atoms with Crippen LogP contribution in [0.4, 0.5) is 13.2 Å². The number of benzene rings is 1. The highest BCUT2D eigenvalue weighted by atomic mass is 19.4. The number of hydrogen-bond donors (Lipinski definition) is 1. The number of nitrogens with zero attached hydrogens (tertiary/aromatic N) is 2. The van der Waals surface area contributed by atoms with E-state index in [1.54, 1.807) is 0 Å². The Labute approximate surface area is 243 Å². The maximum atomic E-state index is 13.4. The molecule has 2 heterocycles. The Balaban J connectivity index is 1.84. The topological polar surface area (TPSA) is 72.4 Å². The van der Waals surface area contributed by atoms with Crippen molar-refractivity contribution in [1.29, 1.82) is 0 Å². The van der Waals surface area contributed by atoms with Gasteiger partial charge in [-0.25, -0.2) is 0 Å². The Hall–Kier alpha value is -2.37. The van der Waals surface area contributed by atoms with Gasteiger partial charge in [-0.2, -0.15) is 13.2 Å². The fraction of sp³-hybridized carbons (Fsp3) is 0.667. The van der Waals surface area contributed by atoms with Crippen molar-refractivity contribution >= 4 is 24.2 Å². The van der Waals surface area contributed by atoms with Gasteiger partial charge in [0.05, 0.1) is 29.5 Å². The molecule has 228 valence electrons. The summed E-state index contributed by atoms with van der Waals surface area (Å²) in [5, 5.41) is 7.15. The van der Waals surface area contributed by atoms with Gasteiger partial charge in [-0.05, 0) is 70.1 Å². The van der Waals surface area contributed by atoms with E-state index in [1.807, 2.05) is 66.7 Å². The summed E-state index contributed by atoms with van der Waals surface area (Å²) in [5.41, 5.74) is 1.59. The molecule has 0 spiro atoms. The Kier molecular flexibility index (Phi) is 10.1. The van der Waals surface area contributed by atoms with Crippen LogP contribution in [-0.2, 0) is 25.5 Å². The van der Waals surface area contributed by atoms with Crippen LogP contribution in [0.15, 0.2) is 35.7 Å². The van der Waals surface area contributed by atoms with Gasteiger partial charge in [-0.3, -0.25) is 9.69 Å². The highest BCUT2D eigenvalue weighted by molar-refractivity contribution is 6.62. The third kappa shape index (κ3) is 8.58. The zero-order valence-corrected chi connectivity index (χ0v) is 25.7. The minimum absolute atomic E-state index is 0.0721. The Morgan fingerprint density at radius 2 is 1.83 bits per heavy atom. The largest absolute Gasteiger partial charge is 0.494 e. The van der Waals surface area contributed by atoms with Gasteiger partial charge in [-0.1, -0.05) is 57.5 Å². The van der Waals surface area contributed by atoms with Gasteiger partial charge in [0.15, 0.2) is 0 Å². The number of rotatable bonds is 9. The highest BCUT2D eigenvalue weighted by Gasteiger charge is 2.51. The van der Waals surface area contributed by atoms with Gasteiger partial charge >= 0.3 is 13.3 Å². The first-order valence-corrected chi connectivity index (χ1v) is 14.3. The van der Waals surface area contributed by atoms with E-state index in [9.17, 15) is 18.0 Å². The smallest absolute Gasteiger partial charge is 0.399 e. The van der Waals surface area contributed by atoms with Gasteiger partial charge in [0, 0.05) is 18.5 Å². The fourth-order valence-corrected chi connectivity index (χ4v) is 4.85. The number of unbranched alkanes of at least 4 members (excludes halogenated alkanes) is 1. The number of nitrogens with one attached hydrogen (secondary N) is 1. The number of hydrogen-bond acceptors (Lipinski definition) is 6. The van der Waals surface area contributed by atoms with Crippen LogP contribution in [0.5, 0.6) is 0 Å². The van der Waals surface area contributed by atoms with E-state index >= 15 is 0 Å². The van der Waals surface area contributed by atoms with Crippen molar-refractivity contribution in [1.82, 2.24) is 10.2 Å². The molecule has 1 N–H and O–H groups in total. The van der Waals surface area contributed by atoms with Crippen LogP contribution in [0, 0.1) is 5.41 Å². The molecule has 3 rings (SSSR count). The number of halogens is 3. The Bertz CT molecular complexity index is 1130. The quantitative estimate of drug-likeness (QED) is 0.127. The van der Waals surface area contributed by atoms with Crippen molar-refractivity contribution in [3.8, 4) is 0 Å². The van der Waals surface area contributed by atoms with Crippen LogP contribution in [0.3, 0.4) is 0 Å². The zero-order chi connectivity index (χ0) is 30.8. The van der Waals surface area contributed by atoms with Gasteiger partial charge in [-0.15, -0.1) is 0 Å². The summed E-state index contributed by atoms with van der Waals surface area (Å²) in [7, 11) is -0.659. The Morgan fingerprint density at radius 1 is 1.20 bits per heavy atom. The molecule has 1 atom stereocenters. The lowest BCUT2D eigenvalue weighted by Gasteiger charge is -2.32. The normalized spacial score (nSPS) is 21.3. The zero-order valence-electron chi connectivity index (χ0n) is 25.7. The van der Waals surface area contributed by atoms with Crippen LogP contribution in [-0.4, -0.2) is 54.1 Å². The molecule has 7 nitrogen and oxygen atoms in total. The summed E-state index contributed by atoms with van der Waals surface area (Å²) >= 11 is 0. The summed E-state index contributed by atoms with van der Waals surface area (Å²) < 4.78 is 52.5. The average molecular weight is 580 g/mol. The monoisotopic (exact) mass is 579 g/mol. The number of carbonyl (C=O) groups is 1. The second-order valence-electron chi connectivity index (χ2n) is 13.1. The molecule has 1 saturated heterocycles. The van der Waals surface area contributed by atoms with Crippen molar-refractivity contribution in [2.24, 2.45) is 10.6 Å². The fourth-order valence-electron chi connectivity index (χ4n) is 4.85. The molecule has 1 aromatic rings. The molecule has 1 fully saturated rings. The first kappa shape index (κ1) is 33.1. The molecule has 0 aromatic heterocycles. The molecule has 41 heavy (non-hydrogen) atoms. The summed E-state index contributed by atoms with van der Waals surface area (Å²) in [6.07, 6.45) is -1.39. The first-order valence-electron chi connectivity index (χ1n) is 14.3. The van der Waals surface area contributed by atoms with Crippen LogP contribution in [0.1, 0.15) is 98.2 Å². The molecule has 1 aromatic carbocycles. The second-order valence-corrected chi connectivity index (χ2v) is 13.1. The molecule has 1 amide bonds. The molecule has 1 unspecified atom stereocenters. The van der Waals surface area contributed by atoms with Gasteiger partial charge in [0.2, 0.25) is 5.76 Å². The minimum atomic E-state index is -4.35. The maximum Gasteiger partial charge on any atom is 0.494 e. The van der Waals surface area contributed by atoms with Crippen LogP contribution >= 0.6 is 0 Å². The van der Waals surface area contributed by atoms with Crippen molar-refractivity contribution in [3.63, 3.8) is 0 Å². The van der Waals surface area contributed by atoms with E-state index in [0.29, 0.717) is 11.0 Å². The summed E-state index contributed by atoms with van der Waals surface area (Å²) in [4.78, 5) is 19.9. The standard InChI is InChI=1S/C30H45BF3N3O4/c1-10-11-12-25(27(3,4)5)36-39-20(2)26(38)35-24-15-16-37(19-30(32,33)34)18-21-17-22(13-14-23(21)24)31-40-28(6,7)29(8,9)41-31/h13-14,17,24H,2,10-12,15-16,18-19H2,1,3-9H3,(H,35,38)/b36-25+. The van der Waals surface area contributed by atoms with E-state index < -0.39 is 43.0 Å². The van der Waals surface area contributed by atoms with E-state index in [1.165, 1.54) is 4.90 Å². The number of oxime groups is 1. The lowest BCUT2D eigenvalue weighted by molar-refractivity contribution is -0.147. The SMILES string of the molecule is C=C(O/N=C(\CCCC)C(C)(C)C)C(=O)NC1CCN(CC(F)(F)F)Cc2cc(B3OC(C)(C)C(C)(C)O3)ccc21. The van der Waals surface area contributed by atoms with Crippen LogP contribution < -0.4 is 10.8 Å². The predicted octanol–water partition coefficient (Wildman–Crippen LogP) is 6.03. The van der Waals surface area contributed by atoms with Crippen molar-refractivity contribution in [2.75, 3.05) is 13.1 Å². The lowest BCUT2D eigenvalue weighted by Crippen LogP contribution is -2.41. The first-order chi connectivity index (χ1) is 18.8. The molecular weight excluding hydrogens is 534 g/mol. The Morgan fingerprint density at radius 3 is 2.39 bits per heavy atom. The molecule has 0 radical (unpaired) electrons. The average Bonchev–Trinajstić information content (AvgIpc) is 2.95. The maximum absolute atomic E-state index is 13.4. The molecule has 11 heteroatoms. The number of fused-ring (bicyclic) bond motifs is 1. The van der Waals surface area contributed by atoms with Crippen LogP contribution in [0.2, 0.25) is 0 Å². The van der Waals surface area contributed by atoms with Crippen LogP contribution in [0.25, 0.3) is 0 Å². The second kappa shape index (κ2) is 12.5. The third-order valence-corrected chi connectivity index (χ3v) is 8.06. The predicted molar refractivity (Wildman–Crippen MR) is 156 cm³/mol.